The number of nitrogens with one attached hydrogen (secondary N) is 1. The number of aromatic nitrogens is 1. The molecule has 2 aliphatic heterocycles. The highest BCUT2D eigenvalue weighted by Crippen LogP contribution is 2.41. The van der Waals surface area contributed by atoms with Crippen molar-refractivity contribution >= 4 is 17.8 Å². The van der Waals surface area contributed by atoms with E-state index < -0.39 is 12.0 Å². The van der Waals surface area contributed by atoms with Gasteiger partial charge in [-0.3, -0.25) is 23.7 Å². The number of amides is 2. The van der Waals surface area contributed by atoms with E-state index in [2.05, 4.69) is 10.1 Å². The Balaban J connectivity index is 1.89. The van der Waals surface area contributed by atoms with Gasteiger partial charge in [0.1, 0.15) is 6.04 Å². The van der Waals surface area contributed by atoms with Crippen LogP contribution in [-0.4, -0.2) is 54.0 Å². The van der Waals surface area contributed by atoms with Crippen LogP contribution in [0.25, 0.3) is 0 Å². The number of carbonyl (C=O) groups excluding carboxylic acids is 3. The summed E-state index contributed by atoms with van der Waals surface area (Å²) >= 11 is 0. The monoisotopic (exact) mass is 361 g/mol. The van der Waals surface area contributed by atoms with Crippen LogP contribution in [0.15, 0.2) is 23.0 Å². The van der Waals surface area contributed by atoms with Crippen LogP contribution >= 0.6 is 0 Å². The molecule has 0 saturated carbocycles. The molecule has 1 saturated heterocycles. The van der Waals surface area contributed by atoms with E-state index in [0.717, 1.165) is 12.1 Å². The molecule has 1 N–H and O–H groups in total. The second kappa shape index (κ2) is 7.31. The van der Waals surface area contributed by atoms with E-state index in [1.807, 2.05) is 6.07 Å². The van der Waals surface area contributed by atoms with Crippen molar-refractivity contribution in [2.24, 2.45) is 5.92 Å². The molecule has 2 bridgehead atoms. The van der Waals surface area contributed by atoms with E-state index in [9.17, 15) is 19.2 Å². The fourth-order valence-corrected chi connectivity index (χ4v) is 4.02. The first kappa shape index (κ1) is 18.2. The topological polar surface area (TPSA) is 97.7 Å². The Labute approximate surface area is 151 Å². The zero-order valence-corrected chi connectivity index (χ0v) is 14.9. The lowest BCUT2D eigenvalue weighted by molar-refractivity contribution is -0.141. The molecule has 8 heteroatoms. The lowest BCUT2D eigenvalue weighted by atomic mass is 9.78. The number of rotatable bonds is 4. The molecule has 0 aromatic carbocycles. The highest BCUT2D eigenvalue weighted by Gasteiger charge is 2.44. The molecule has 1 aromatic rings. The van der Waals surface area contributed by atoms with Crippen LogP contribution in [-0.2, 0) is 19.1 Å². The van der Waals surface area contributed by atoms with Gasteiger partial charge in [0.05, 0.1) is 13.5 Å². The second-order valence-electron chi connectivity index (χ2n) is 6.84. The zero-order chi connectivity index (χ0) is 18.8. The zero-order valence-electron chi connectivity index (χ0n) is 14.9. The van der Waals surface area contributed by atoms with Crippen LogP contribution in [0.2, 0.25) is 0 Å². The van der Waals surface area contributed by atoms with Crippen molar-refractivity contribution < 1.29 is 19.1 Å². The first-order valence-electron chi connectivity index (χ1n) is 8.74. The number of ether oxygens (including phenoxy) is 1. The van der Waals surface area contributed by atoms with Gasteiger partial charge in [-0.25, -0.2) is 0 Å². The van der Waals surface area contributed by atoms with E-state index in [1.54, 1.807) is 15.5 Å². The van der Waals surface area contributed by atoms with Crippen molar-refractivity contribution in [3.8, 4) is 0 Å². The van der Waals surface area contributed by atoms with Gasteiger partial charge in [0.25, 0.3) is 5.56 Å². The third-order valence-corrected chi connectivity index (χ3v) is 5.22. The number of hydrogen-bond donors (Lipinski definition) is 1. The molecule has 2 amide bonds. The summed E-state index contributed by atoms with van der Waals surface area (Å²) in [5.41, 5.74) is 0.564. The van der Waals surface area contributed by atoms with Crippen molar-refractivity contribution in [2.75, 3.05) is 26.7 Å². The third-order valence-electron chi connectivity index (χ3n) is 5.22. The minimum atomic E-state index is -0.685. The number of esters is 1. The predicted molar refractivity (Wildman–Crippen MR) is 92.5 cm³/mol. The first-order valence-corrected chi connectivity index (χ1v) is 8.74. The molecule has 1 fully saturated rings. The lowest BCUT2D eigenvalue weighted by Gasteiger charge is -2.46. The summed E-state index contributed by atoms with van der Waals surface area (Å²) < 4.78 is 6.13. The fraction of sp³-hybridized carbons (Fsp3) is 0.556. The van der Waals surface area contributed by atoms with Crippen LogP contribution in [0.3, 0.4) is 0 Å². The fourth-order valence-electron chi connectivity index (χ4n) is 4.02. The number of hydrogen-bond acceptors (Lipinski definition) is 5. The maximum Gasteiger partial charge on any atom is 0.307 e. The third kappa shape index (κ3) is 3.36. The summed E-state index contributed by atoms with van der Waals surface area (Å²) in [5, 5.41) is 2.73. The summed E-state index contributed by atoms with van der Waals surface area (Å²) in [5.74, 6) is -0.838. The minimum Gasteiger partial charge on any atom is -0.469 e. The molecule has 3 atom stereocenters. The van der Waals surface area contributed by atoms with Gasteiger partial charge in [-0.15, -0.1) is 0 Å². The maximum atomic E-state index is 12.8. The molecule has 1 aromatic heterocycles. The molecule has 2 aliphatic rings. The molecular formula is C18H23N3O5. The maximum absolute atomic E-state index is 12.8. The van der Waals surface area contributed by atoms with Gasteiger partial charge in [-0.1, -0.05) is 6.07 Å². The second-order valence-corrected chi connectivity index (χ2v) is 6.84. The number of nitrogens with zero attached hydrogens (tertiary/aromatic N) is 2. The number of carbonyl (C=O) groups is 3. The van der Waals surface area contributed by atoms with Gasteiger partial charge in [0.2, 0.25) is 11.8 Å². The number of pyridine rings is 1. The summed E-state index contributed by atoms with van der Waals surface area (Å²) in [6.07, 6.45) is 0.820. The van der Waals surface area contributed by atoms with Gasteiger partial charge in [-0.05, 0) is 12.5 Å². The van der Waals surface area contributed by atoms with E-state index >= 15 is 0 Å². The smallest absolute Gasteiger partial charge is 0.307 e. The van der Waals surface area contributed by atoms with Crippen molar-refractivity contribution in [3.05, 3.63) is 34.2 Å². The van der Waals surface area contributed by atoms with Gasteiger partial charge < -0.3 is 15.0 Å². The standard InChI is InChI=1S/C18H23N3O5/c1-11(22)20-9-12-8-13(10-20)17(18(25)19-7-6-16(24)26-2)21-14(12)4-3-5-15(21)23/h3-5,12-13,17H,6-10H2,1-2H3,(H,19,25)/t12-,13+,17-/m1/s1. The van der Waals surface area contributed by atoms with Crippen molar-refractivity contribution in [1.29, 1.82) is 0 Å². The van der Waals surface area contributed by atoms with E-state index in [-0.39, 0.29) is 42.2 Å². The summed E-state index contributed by atoms with van der Waals surface area (Å²) in [6, 6.07) is 4.30. The Hall–Kier alpha value is -2.64. The molecule has 3 rings (SSSR count). The molecule has 8 nitrogen and oxygen atoms in total. The Morgan fingerprint density at radius 2 is 2.04 bits per heavy atom. The SMILES string of the molecule is COC(=O)CCNC(=O)[C@H]1[C@H]2C[C@H](CN(C(C)=O)C2)c2cccc(=O)n21. The van der Waals surface area contributed by atoms with Crippen molar-refractivity contribution in [2.45, 2.75) is 31.7 Å². The Morgan fingerprint density at radius 3 is 2.73 bits per heavy atom. The Bertz CT molecular complexity index is 787. The molecule has 0 aliphatic carbocycles. The summed E-state index contributed by atoms with van der Waals surface area (Å²) in [4.78, 5) is 50.2. The van der Waals surface area contributed by atoms with E-state index in [1.165, 1.54) is 20.1 Å². The largest absolute Gasteiger partial charge is 0.469 e. The first-order chi connectivity index (χ1) is 12.4. The number of likely N-dealkylation sites (tertiary alicyclic amines) is 1. The quantitative estimate of drug-likeness (QED) is 0.764. The van der Waals surface area contributed by atoms with Crippen LogP contribution in [0.1, 0.15) is 37.4 Å². The van der Waals surface area contributed by atoms with E-state index in [4.69, 9.17) is 0 Å². The average molecular weight is 361 g/mol. The van der Waals surface area contributed by atoms with Crippen LogP contribution in [0, 0.1) is 5.92 Å². The molecule has 3 heterocycles. The molecule has 0 unspecified atom stereocenters. The number of fused-ring (bicyclic) bond motifs is 4. The van der Waals surface area contributed by atoms with Gasteiger partial charge >= 0.3 is 5.97 Å². The molecule has 26 heavy (non-hydrogen) atoms. The van der Waals surface area contributed by atoms with Crippen molar-refractivity contribution in [1.82, 2.24) is 14.8 Å². The van der Waals surface area contributed by atoms with Crippen LogP contribution < -0.4 is 10.9 Å². The van der Waals surface area contributed by atoms with Crippen LogP contribution in [0.5, 0.6) is 0 Å². The molecule has 140 valence electrons. The summed E-state index contributed by atoms with van der Waals surface area (Å²) in [7, 11) is 1.29. The molecule has 0 spiro atoms. The highest BCUT2D eigenvalue weighted by molar-refractivity contribution is 5.82. The van der Waals surface area contributed by atoms with Gasteiger partial charge in [0.15, 0.2) is 0 Å². The van der Waals surface area contributed by atoms with Gasteiger partial charge in [-0.2, -0.15) is 0 Å². The number of piperidine rings is 1. The lowest BCUT2D eigenvalue weighted by Crippen LogP contribution is -2.54. The Kier molecular flexibility index (Phi) is 5.11. The predicted octanol–water partition coefficient (Wildman–Crippen LogP) is 0.0343. The van der Waals surface area contributed by atoms with Crippen LogP contribution in [0.4, 0.5) is 0 Å². The van der Waals surface area contributed by atoms with Gasteiger partial charge in [0, 0.05) is 50.2 Å². The Morgan fingerprint density at radius 1 is 1.27 bits per heavy atom. The minimum absolute atomic E-state index is 0.0312. The highest BCUT2D eigenvalue weighted by atomic mass is 16.5. The molecular weight excluding hydrogens is 338 g/mol. The summed E-state index contributed by atoms with van der Waals surface area (Å²) in [6.45, 7) is 2.67. The normalized spacial score (nSPS) is 23.8. The number of methoxy groups -OCH3 is 1. The van der Waals surface area contributed by atoms with E-state index in [0.29, 0.717) is 13.1 Å². The average Bonchev–Trinajstić information content (AvgIpc) is 2.62. The van der Waals surface area contributed by atoms with Crippen molar-refractivity contribution in [3.63, 3.8) is 0 Å². The molecule has 0 radical (unpaired) electrons.